The van der Waals surface area contributed by atoms with E-state index in [0.717, 1.165) is 10.5 Å². The number of hydrogen-bond donors (Lipinski definition) is 3. The first-order valence-corrected chi connectivity index (χ1v) is 9.57. The topological polar surface area (TPSA) is 87.3 Å². The summed E-state index contributed by atoms with van der Waals surface area (Å²) in [5, 5.41) is 8.36. The molecule has 0 aliphatic carbocycles. The number of hydrogen-bond acceptors (Lipinski definition) is 4. The molecule has 6 nitrogen and oxygen atoms in total. The van der Waals surface area contributed by atoms with Gasteiger partial charge in [-0.15, -0.1) is 11.8 Å². The Morgan fingerprint density at radius 2 is 2.04 bits per heavy atom. The molecule has 1 aliphatic rings. The number of rotatable bonds is 5. The third-order valence-corrected chi connectivity index (χ3v) is 5.38. The van der Waals surface area contributed by atoms with Crippen LogP contribution in [0.5, 0.6) is 0 Å². The largest absolute Gasteiger partial charge is 0.352 e. The molecule has 0 saturated heterocycles. The van der Waals surface area contributed by atoms with E-state index in [0.29, 0.717) is 22.9 Å². The van der Waals surface area contributed by atoms with Crippen molar-refractivity contribution in [1.29, 1.82) is 0 Å². The Morgan fingerprint density at radius 3 is 2.81 bits per heavy atom. The lowest BCUT2D eigenvalue weighted by atomic mass is 10.2. The van der Waals surface area contributed by atoms with Crippen LogP contribution in [0.2, 0.25) is 5.02 Å². The van der Waals surface area contributed by atoms with Crippen LogP contribution >= 0.6 is 23.4 Å². The molecule has 0 radical (unpaired) electrons. The minimum absolute atomic E-state index is 0.0734. The van der Waals surface area contributed by atoms with Crippen molar-refractivity contribution in [3.8, 4) is 0 Å². The van der Waals surface area contributed by atoms with Crippen molar-refractivity contribution < 1.29 is 14.4 Å². The van der Waals surface area contributed by atoms with E-state index in [1.165, 1.54) is 18.7 Å². The van der Waals surface area contributed by atoms with Gasteiger partial charge in [0.05, 0.1) is 10.9 Å². The fourth-order valence-corrected chi connectivity index (χ4v) is 3.92. The molecule has 0 spiro atoms. The van der Waals surface area contributed by atoms with Gasteiger partial charge in [-0.05, 0) is 35.9 Å². The lowest BCUT2D eigenvalue weighted by molar-refractivity contribution is -0.124. The summed E-state index contributed by atoms with van der Waals surface area (Å²) in [6, 6.07) is 12.5. The Labute approximate surface area is 166 Å². The van der Waals surface area contributed by atoms with Crippen molar-refractivity contribution in [3.63, 3.8) is 0 Å². The van der Waals surface area contributed by atoms with Gasteiger partial charge < -0.3 is 16.0 Å². The highest BCUT2D eigenvalue weighted by molar-refractivity contribution is 8.01. The zero-order valence-corrected chi connectivity index (χ0v) is 16.1. The predicted molar refractivity (Wildman–Crippen MR) is 107 cm³/mol. The van der Waals surface area contributed by atoms with Crippen LogP contribution in [-0.2, 0) is 20.9 Å². The maximum absolute atomic E-state index is 12.3. The molecule has 2 aromatic rings. The molecule has 2 aromatic carbocycles. The summed E-state index contributed by atoms with van der Waals surface area (Å²) in [6.45, 7) is 1.75. The molecule has 1 atom stereocenters. The van der Waals surface area contributed by atoms with Crippen LogP contribution in [0.1, 0.15) is 18.9 Å². The average Bonchev–Trinajstić information content (AvgIpc) is 2.60. The number of carbonyl (C=O) groups excluding carboxylic acids is 3. The minimum atomic E-state index is -0.496. The Bertz CT molecular complexity index is 904. The van der Waals surface area contributed by atoms with Gasteiger partial charge in [-0.25, -0.2) is 0 Å². The standard InChI is InChI=1S/C19H18ClN3O3S/c1-11(24)22-14-4-2-3-12(7-14)10-21-18(25)9-17-19(26)23-15-8-13(20)5-6-16(15)27-17/h2-8,17H,9-10H2,1H3,(H,21,25)(H,22,24)(H,23,26). The van der Waals surface area contributed by atoms with E-state index in [-0.39, 0.29) is 24.1 Å². The summed E-state index contributed by atoms with van der Waals surface area (Å²) < 4.78 is 0. The smallest absolute Gasteiger partial charge is 0.238 e. The number of anilines is 2. The Kier molecular flexibility index (Phi) is 6.03. The summed E-state index contributed by atoms with van der Waals surface area (Å²) in [5.74, 6) is -0.583. The highest BCUT2D eigenvalue weighted by atomic mass is 35.5. The van der Waals surface area contributed by atoms with E-state index < -0.39 is 5.25 Å². The zero-order valence-electron chi connectivity index (χ0n) is 14.5. The van der Waals surface area contributed by atoms with Crippen LogP contribution in [0, 0.1) is 0 Å². The summed E-state index contributed by atoms with van der Waals surface area (Å²) in [7, 11) is 0. The maximum Gasteiger partial charge on any atom is 0.238 e. The SMILES string of the molecule is CC(=O)Nc1cccc(CNC(=O)CC2Sc3ccc(Cl)cc3NC2=O)c1. The highest BCUT2D eigenvalue weighted by Gasteiger charge is 2.29. The zero-order chi connectivity index (χ0) is 19.4. The van der Waals surface area contributed by atoms with Gasteiger partial charge in [0, 0.05) is 35.5 Å². The van der Waals surface area contributed by atoms with Gasteiger partial charge in [-0.2, -0.15) is 0 Å². The van der Waals surface area contributed by atoms with Crippen LogP contribution < -0.4 is 16.0 Å². The fourth-order valence-electron chi connectivity index (χ4n) is 2.66. The number of halogens is 1. The van der Waals surface area contributed by atoms with Crippen molar-refractivity contribution >= 4 is 52.5 Å². The number of benzene rings is 2. The van der Waals surface area contributed by atoms with Crippen molar-refractivity contribution in [2.45, 2.75) is 30.0 Å². The van der Waals surface area contributed by atoms with Crippen LogP contribution in [0.3, 0.4) is 0 Å². The number of amides is 3. The molecule has 1 unspecified atom stereocenters. The second-order valence-corrected chi connectivity index (χ2v) is 7.78. The molecule has 8 heteroatoms. The second-order valence-electron chi connectivity index (χ2n) is 6.10. The van der Waals surface area contributed by atoms with Gasteiger partial charge in [-0.1, -0.05) is 23.7 Å². The monoisotopic (exact) mass is 403 g/mol. The summed E-state index contributed by atoms with van der Waals surface area (Å²) in [5.41, 5.74) is 2.20. The van der Waals surface area contributed by atoms with E-state index in [1.54, 1.807) is 30.3 Å². The molecule has 3 N–H and O–H groups in total. The van der Waals surface area contributed by atoms with E-state index in [9.17, 15) is 14.4 Å². The Hall–Kier alpha value is -2.51. The summed E-state index contributed by atoms with van der Waals surface area (Å²) in [6.07, 6.45) is 0.0734. The molecule has 27 heavy (non-hydrogen) atoms. The van der Waals surface area contributed by atoms with E-state index in [2.05, 4.69) is 16.0 Å². The summed E-state index contributed by atoms with van der Waals surface area (Å²) in [4.78, 5) is 36.5. The lowest BCUT2D eigenvalue weighted by Gasteiger charge is -2.23. The van der Waals surface area contributed by atoms with Crippen LogP contribution in [0.25, 0.3) is 0 Å². The molecule has 140 valence electrons. The van der Waals surface area contributed by atoms with Crippen LogP contribution in [0.4, 0.5) is 11.4 Å². The molecule has 3 amide bonds. The molecular weight excluding hydrogens is 386 g/mol. The van der Waals surface area contributed by atoms with Crippen molar-refractivity contribution in [1.82, 2.24) is 5.32 Å². The van der Waals surface area contributed by atoms with Crippen molar-refractivity contribution in [3.05, 3.63) is 53.1 Å². The molecule has 0 bridgehead atoms. The molecule has 3 rings (SSSR count). The van der Waals surface area contributed by atoms with Gasteiger partial charge in [-0.3, -0.25) is 14.4 Å². The highest BCUT2D eigenvalue weighted by Crippen LogP contribution is 2.38. The Balaban J connectivity index is 1.56. The number of carbonyl (C=O) groups is 3. The summed E-state index contributed by atoms with van der Waals surface area (Å²) >= 11 is 7.29. The van der Waals surface area contributed by atoms with Gasteiger partial charge in [0.25, 0.3) is 0 Å². The number of nitrogens with one attached hydrogen (secondary N) is 3. The molecule has 1 heterocycles. The van der Waals surface area contributed by atoms with E-state index in [4.69, 9.17) is 11.6 Å². The number of fused-ring (bicyclic) bond motifs is 1. The van der Waals surface area contributed by atoms with Gasteiger partial charge in [0.1, 0.15) is 0 Å². The van der Waals surface area contributed by atoms with Gasteiger partial charge in [0.2, 0.25) is 17.7 Å². The first-order valence-electron chi connectivity index (χ1n) is 8.31. The Morgan fingerprint density at radius 1 is 1.22 bits per heavy atom. The first kappa shape index (κ1) is 19.3. The van der Waals surface area contributed by atoms with Crippen molar-refractivity contribution in [2.24, 2.45) is 0 Å². The van der Waals surface area contributed by atoms with Crippen LogP contribution in [0.15, 0.2) is 47.4 Å². The third kappa shape index (κ3) is 5.24. The van der Waals surface area contributed by atoms with E-state index >= 15 is 0 Å². The number of thioether (sulfide) groups is 1. The maximum atomic E-state index is 12.3. The molecular formula is C19H18ClN3O3S. The fraction of sp³-hybridized carbons (Fsp3) is 0.211. The quantitative estimate of drug-likeness (QED) is 0.713. The molecule has 0 saturated carbocycles. The third-order valence-electron chi connectivity index (χ3n) is 3.87. The average molecular weight is 404 g/mol. The van der Waals surface area contributed by atoms with Gasteiger partial charge in [0.15, 0.2) is 0 Å². The normalized spacial score (nSPS) is 15.5. The molecule has 1 aliphatic heterocycles. The predicted octanol–water partition coefficient (Wildman–Crippen LogP) is 3.42. The lowest BCUT2D eigenvalue weighted by Crippen LogP contribution is -2.34. The molecule has 0 aromatic heterocycles. The first-order chi connectivity index (χ1) is 12.9. The van der Waals surface area contributed by atoms with Crippen LogP contribution in [-0.4, -0.2) is 23.0 Å². The molecule has 0 fully saturated rings. The van der Waals surface area contributed by atoms with Gasteiger partial charge >= 0.3 is 0 Å². The van der Waals surface area contributed by atoms with E-state index in [1.807, 2.05) is 12.1 Å². The van der Waals surface area contributed by atoms with Crippen molar-refractivity contribution in [2.75, 3.05) is 10.6 Å². The second kappa shape index (κ2) is 8.45. The minimum Gasteiger partial charge on any atom is -0.352 e.